The molecule has 6 aliphatic rings. The van der Waals surface area contributed by atoms with Crippen LogP contribution in [0.1, 0.15) is 130 Å². The van der Waals surface area contributed by atoms with Crippen molar-refractivity contribution in [3.63, 3.8) is 0 Å². The Morgan fingerprint density at radius 2 is 0.448 bits per heavy atom. The van der Waals surface area contributed by atoms with Gasteiger partial charge in [-0.3, -0.25) is 0 Å². The second kappa shape index (κ2) is 40.4. The maximum atomic E-state index is 13.3. The van der Waals surface area contributed by atoms with Gasteiger partial charge in [-0.2, -0.15) is 0 Å². The smallest absolute Gasteiger partial charge is 0.214 e. The van der Waals surface area contributed by atoms with E-state index in [9.17, 15) is 50.5 Å². The third-order valence-corrected chi connectivity index (χ3v) is 38.0. The maximum absolute atomic E-state index is 13.3. The summed E-state index contributed by atoms with van der Waals surface area (Å²) in [6.45, 7) is 3.86. The zero-order chi connectivity index (χ0) is 102. The van der Waals surface area contributed by atoms with Crippen molar-refractivity contribution < 1.29 is 50.5 Å². The van der Waals surface area contributed by atoms with Gasteiger partial charge in [0, 0.05) is 128 Å². The molecule has 0 bridgehead atoms. The molecule has 36 nitrogen and oxygen atoms in total. The fourth-order valence-electron chi connectivity index (χ4n) is 19.6. The number of benzene rings is 6. The highest BCUT2D eigenvalue weighted by molar-refractivity contribution is 7.93. The molecule has 6 N–H and O–H groups in total. The molecule has 12 aromatic heterocycles. The van der Waals surface area contributed by atoms with E-state index in [1.165, 1.54) is 47.5 Å². The number of halogens is 3. The van der Waals surface area contributed by atoms with Gasteiger partial charge in [-0.05, 0) is 267 Å². The van der Waals surface area contributed by atoms with Crippen molar-refractivity contribution in [2.75, 3.05) is 74.2 Å². The largest absolute Gasteiger partial charge is 0.370 e. The Morgan fingerprint density at radius 3 is 0.703 bits per heavy atom. The molecule has 45 heteroatoms. The van der Waals surface area contributed by atoms with Gasteiger partial charge in [-0.25, -0.2) is 108 Å². The number of hydrogen-bond acceptors (Lipinski definition) is 30. The molecule has 0 atom stereocenters. The van der Waals surface area contributed by atoms with Gasteiger partial charge in [0.15, 0.2) is 98.2 Å². The molecular formula is C100H101Cl3N24O12S6. The Morgan fingerprint density at radius 1 is 0.241 bits per heavy atom. The topological polar surface area (TPSA) is 458 Å². The van der Waals surface area contributed by atoms with Crippen molar-refractivity contribution in [2.45, 2.75) is 201 Å². The SMILES string of the molecule is CNc1nn2c3c(c(C)nc2c1S(=O)(=O)c1cccc(Cl)c1)CCC3.CNc1nn2c3c(c(C)nc2c1S(=O)(=O)c1ccccc1)CCC3.CNc1nn2c3c(cnc2c1S(=O)(=O)c1cccc(Cl)c1)CCC3.CNc1nn2c3c(cnc2c1S(=O)(=O)c1cccc(Cl)c1)CCCC3.CNc1nn2c3c(cnc2c1S(=O)(=O)c1ccccc1)CCC3.CNc1nn2c3c(cnc2c1S(=O)(=O)c1ccccc1)CCCC3. The van der Waals surface area contributed by atoms with E-state index in [4.69, 9.17) is 34.8 Å². The fraction of sp³-hybridized carbons (Fsp3) is 0.280. The maximum Gasteiger partial charge on any atom is 0.214 e. The first-order valence-corrected chi connectivity index (χ1v) is 57.2. The molecule has 0 saturated heterocycles. The summed E-state index contributed by atoms with van der Waals surface area (Å²) in [5.41, 5.74) is 17.2. The number of nitrogens with one attached hydrogen (secondary N) is 6. The van der Waals surface area contributed by atoms with Crippen LogP contribution < -0.4 is 31.9 Å². The van der Waals surface area contributed by atoms with Crippen LogP contribution in [0.4, 0.5) is 34.9 Å². The number of sulfone groups is 6. The molecule has 24 rings (SSSR count). The van der Waals surface area contributed by atoms with Crippen LogP contribution >= 0.6 is 34.8 Å². The highest BCUT2D eigenvalue weighted by Gasteiger charge is 2.39. The van der Waals surface area contributed by atoms with E-state index >= 15 is 0 Å². The molecule has 0 unspecified atom stereocenters. The molecule has 145 heavy (non-hydrogen) atoms. The standard InChI is InChI=1S/2C17H17ClN4O2S.2C17H18N4O2S.C16H15ClN4O2S.C16H16N4O2S/c1-10-13-7-4-8-14(13)22-17(20-10)15(16(19-2)21-22)25(23,24)12-6-3-5-11(18)9-12;1-19-16-15(25(23,24)13-7-4-6-12(18)9-13)17-20-10-11-5-2-3-8-14(11)22(17)21-16;1-11-13-9-6-10-14(13)21-17(19-11)15(16(18-2)20-21)24(22,23)12-7-4-3-5-8-12;1-18-16-15(24(22,23)13-8-3-2-4-9-13)17-19-11-12-7-5-6-10-14(12)21(17)20-16;1-18-15-14(24(22,23)12-6-3-5-11(17)8-12)16-19-9-10-4-2-7-13(10)21(16)20-15;1-17-15-14(23(21,22)12-7-3-2-4-8-12)16-18-10-11-6-5-9-13(11)20(16)19-15/h3,5-6,9H,4,7-8H2,1-2H3,(H,19,21);4,6-7,9-10H,2-3,5,8H2,1H3,(H,19,21);3-5,7-8H,6,9-10H2,1-2H3,(H,18,20);2-4,8-9,11H,5-7,10H2,1H3,(H,18,20);3,5-6,8-9H,2,4,7H2,1H3,(H,18,20);2-4,7-8,10H,5-6,9H2,1H3,(H,17,19). The molecule has 6 aromatic carbocycles. The number of anilines is 6. The lowest BCUT2D eigenvalue weighted by Gasteiger charge is -2.15. The van der Waals surface area contributed by atoms with Crippen molar-refractivity contribution in [2.24, 2.45) is 0 Å². The summed E-state index contributed by atoms with van der Waals surface area (Å²) in [6, 6.07) is 43.9. The van der Waals surface area contributed by atoms with Gasteiger partial charge in [0.2, 0.25) is 59.0 Å². The summed E-state index contributed by atoms with van der Waals surface area (Å²) in [5, 5.41) is 45.4. The average Bonchev–Trinajstić information content (AvgIpc) is 1.54. The minimum atomic E-state index is -3.81. The Hall–Kier alpha value is -13.6. The Bertz CT molecular complexity index is 8940. The van der Waals surface area contributed by atoms with Crippen LogP contribution in [-0.4, -0.2) is 180 Å². The van der Waals surface area contributed by atoms with E-state index in [1.807, 2.05) is 13.8 Å². The first-order chi connectivity index (χ1) is 69.8. The molecular weight excluding hydrogens is 2030 g/mol. The number of aryl methyl sites for hydroxylation is 12. The molecule has 0 spiro atoms. The summed E-state index contributed by atoms with van der Waals surface area (Å²) in [4.78, 5) is 28.6. The Labute approximate surface area is 851 Å². The number of fused-ring (bicyclic) bond motifs is 18. The van der Waals surface area contributed by atoms with Gasteiger partial charge in [0.05, 0.1) is 29.4 Å². The lowest BCUT2D eigenvalue weighted by atomic mass is 9.97. The fourth-order valence-corrected chi connectivity index (χ4v) is 29.6. The van der Waals surface area contributed by atoms with Gasteiger partial charge in [0.25, 0.3) is 0 Å². The van der Waals surface area contributed by atoms with Crippen molar-refractivity contribution in [1.82, 2.24) is 87.6 Å². The Balaban J connectivity index is 0.000000110. The van der Waals surface area contributed by atoms with Crippen LogP contribution in [0.15, 0.2) is 247 Å². The third-order valence-electron chi connectivity index (χ3n) is 26.5. The van der Waals surface area contributed by atoms with Gasteiger partial charge in [0.1, 0.15) is 0 Å². The van der Waals surface area contributed by atoms with Crippen molar-refractivity contribution in [3.05, 3.63) is 283 Å². The lowest BCUT2D eigenvalue weighted by molar-refractivity contribution is 0.595. The summed E-state index contributed by atoms with van der Waals surface area (Å²) < 4.78 is 168. The number of nitrogens with zero attached hydrogens (tertiary/aromatic N) is 18. The highest BCUT2D eigenvalue weighted by Crippen LogP contribution is 2.43. The monoisotopic (exact) mass is 2130 g/mol. The van der Waals surface area contributed by atoms with E-state index in [0.29, 0.717) is 83.9 Å². The van der Waals surface area contributed by atoms with Gasteiger partial charge >= 0.3 is 0 Å². The molecule has 0 amide bonds. The first-order valence-electron chi connectivity index (χ1n) is 47.2. The summed E-state index contributed by atoms with van der Waals surface area (Å²) in [7, 11) is -12.5. The van der Waals surface area contributed by atoms with Crippen molar-refractivity contribution in [1.29, 1.82) is 0 Å². The third kappa shape index (κ3) is 18.3. The minimum Gasteiger partial charge on any atom is -0.370 e. The van der Waals surface area contributed by atoms with Crippen LogP contribution in [0.2, 0.25) is 15.1 Å². The molecule has 750 valence electrons. The van der Waals surface area contributed by atoms with Crippen LogP contribution in [0.3, 0.4) is 0 Å². The number of hydrogen-bond donors (Lipinski definition) is 6. The summed E-state index contributed by atoms with van der Waals surface area (Å²) in [5.74, 6) is 1.90. The van der Waals surface area contributed by atoms with E-state index < -0.39 is 59.0 Å². The predicted molar refractivity (Wildman–Crippen MR) is 552 cm³/mol. The van der Waals surface area contributed by atoms with Crippen LogP contribution in [0, 0.1) is 13.8 Å². The van der Waals surface area contributed by atoms with E-state index in [1.54, 1.807) is 222 Å². The number of aromatic nitrogens is 18. The normalized spacial score (nSPS) is 14.2. The summed E-state index contributed by atoms with van der Waals surface area (Å²) >= 11 is 17.9. The van der Waals surface area contributed by atoms with E-state index in [-0.39, 0.29) is 58.7 Å². The van der Waals surface area contributed by atoms with Gasteiger partial charge < -0.3 is 31.9 Å². The van der Waals surface area contributed by atoms with Gasteiger partial charge in [-0.15, -0.1) is 30.6 Å². The number of rotatable bonds is 18. The molecule has 0 radical (unpaired) electrons. The molecule has 12 heterocycles. The molecule has 0 aliphatic heterocycles. The average molecular weight is 2130 g/mol. The second-order valence-electron chi connectivity index (χ2n) is 35.3. The predicted octanol–water partition coefficient (Wildman–Crippen LogP) is 15.9. The van der Waals surface area contributed by atoms with E-state index in [2.05, 4.69) is 92.4 Å². The highest BCUT2D eigenvalue weighted by atomic mass is 35.5. The van der Waals surface area contributed by atoms with E-state index in [0.717, 1.165) is 196 Å². The quantitative estimate of drug-likeness (QED) is 0.0464. The zero-order valence-corrected chi connectivity index (χ0v) is 87.2. The van der Waals surface area contributed by atoms with Crippen molar-refractivity contribution >= 4 is 163 Å². The Kier molecular flexibility index (Phi) is 27.9. The van der Waals surface area contributed by atoms with Crippen LogP contribution in [0.25, 0.3) is 33.9 Å². The summed E-state index contributed by atoms with van der Waals surface area (Å²) in [6.07, 6.45) is 26.7. The van der Waals surface area contributed by atoms with Crippen LogP contribution in [0.5, 0.6) is 0 Å². The molecule has 0 fully saturated rings. The zero-order valence-electron chi connectivity index (χ0n) is 80.1. The van der Waals surface area contributed by atoms with Crippen LogP contribution in [-0.2, 0) is 136 Å². The lowest BCUT2D eigenvalue weighted by Crippen LogP contribution is -2.11. The molecule has 0 saturated carbocycles. The van der Waals surface area contributed by atoms with Crippen molar-refractivity contribution in [3.8, 4) is 0 Å². The molecule has 18 aromatic rings. The van der Waals surface area contributed by atoms with Gasteiger partial charge in [-0.1, -0.05) is 108 Å². The minimum absolute atomic E-state index is 0.0852. The first kappa shape index (κ1) is 100. The molecule has 6 aliphatic carbocycles. The second-order valence-corrected chi connectivity index (χ2v) is 47.9.